The van der Waals surface area contributed by atoms with Crippen LogP contribution in [0.2, 0.25) is 0 Å². The van der Waals surface area contributed by atoms with Crippen molar-refractivity contribution in [3.63, 3.8) is 0 Å². The van der Waals surface area contributed by atoms with E-state index in [9.17, 15) is 0 Å². The summed E-state index contributed by atoms with van der Waals surface area (Å²) in [4.78, 5) is 7.02. The lowest BCUT2D eigenvalue weighted by molar-refractivity contribution is 0.718. The van der Waals surface area contributed by atoms with Gasteiger partial charge in [-0.05, 0) is 49.4 Å². The van der Waals surface area contributed by atoms with E-state index in [-0.39, 0.29) is 0 Å². The zero-order valence-electron chi connectivity index (χ0n) is 12.7. The zero-order chi connectivity index (χ0) is 14.4. The van der Waals surface area contributed by atoms with Crippen LogP contribution in [0.1, 0.15) is 37.9 Å². The molecular weight excluding hydrogens is 246 g/mol. The maximum Gasteiger partial charge on any atom is 0.129 e. The Hall–Kier alpha value is -1.53. The summed E-state index contributed by atoms with van der Waals surface area (Å²) in [6.07, 6.45) is 9.14. The lowest BCUT2D eigenvalue weighted by Gasteiger charge is -2.22. The summed E-state index contributed by atoms with van der Waals surface area (Å²) in [5, 5.41) is 3.38. The standard InChI is InChI=1S/C17H25N3/c1-4-9-20(13-14-7-8-14)17-11-15(12-18-6-3)10-16(5-2)19-17/h1,10-11,14,18H,5-9,12-13H2,2-3H3. The largest absolute Gasteiger partial charge is 0.345 e. The summed E-state index contributed by atoms with van der Waals surface area (Å²) in [5.74, 6) is 4.63. The molecule has 1 fully saturated rings. The molecule has 3 heteroatoms. The fraction of sp³-hybridized carbons (Fsp3) is 0.588. The summed E-state index contributed by atoms with van der Waals surface area (Å²) >= 11 is 0. The van der Waals surface area contributed by atoms with Gasteiger partial charge in [-0.3, -0.25) is 0 Å². The number of hydrogen-bond donors (Lipinski definition) is 1. The fourth-order valence-corrected chi connectivity index (χ4v) is 2.31. The second kappa shape index (κ2) is 7.31. The first kappa shape index (κ1) is 14.9. The summed E-state index contributed by atoms with van der Waals surface area (Å²) < 4.78 is 0. The van der Waals surface area contributed by atoms with E-state index in [0.29, 0.717) is 6.54 Å². The van der Waals surface area contributed by atoms with Crippen LogP contribution in [0.4, 0.5) is 5.82 Å². The van der Waals surface area contributed by atoms with Gasteiger partial charge in [-0.2, -0.15) is 0 Å². The van der Waals surface area contributed by atoms with Crippen LogP contribution in [0.15, 0.2) is 12.1 Å². The van der Waals surface area contributed by atoms with Gasteiger partial charge < -0.3 is 10.2 Å². The van der Waals surface area contributed by atoms with E-state index in [1.54, 1.807) is 0 Å². The Balaban J connectivity index is 2.19. The molecule has 0 atom stereocenters. The molecule has 0 unspecified atom stereocenters. The third-order valence-corrected chi connectivity index (χ3v) is 3.65. The first-order valence-electron chi connectivity index (χ1n) is 7.65. The van der Waals surface area contributed by atoms with Crippen LogP contribution in [-0.2, 0) is 13.0 Å². The van der Waals surface area contributed by atoms with Gasteiger partial charge in [0, 0.05) is 18.8 Å². The minimum Gasteiger partial charge on any atom is -0.345 e. The number of nitrogens with one attached hydrogen (secondary N) is 1. The summed E-state index contributed by atoms with van der Waals surface area (Å²) in [5.41, 5.74) is 2.44. The highest BCUT2D eigenvalue weighted by molar-refractivity contribution is 5.44. The van der Waals surface area contributed by atoms with Crippen molar-refractivity contribution >= 4 is 5.82 Å². The molecule has 0 saturated heterocycles. The van der Waals surface area contributed by atoms with Crippen LogP contribution < -0.4 is 10.2 Å². The molecule has 20 heavy (non-hydrogen) atoms. The highest BCUT2D eigenvalue weighted by Crippen LogP contribution is 2.31. The number of aryl methyl sites for hydroxylation is 1. The summed E-state index contributed by atoms with van der Waals surface area (Å²) in [6.45, 7) is 7.85. The molecule has 0 spiro atoms. The Kier molecular flexibility index (Phi) is 5.43. The van der Waals surface area contributed by atoms with Crippen molar-refractivity contribution in [2.75, 3.05) is 24.5 Å². The third-order valence-electron chi connectivity index (χ3n) is 3.65. The van der Waals surface area contributed by atoms with Gasteiger partial charge in [0.15, 0.2) is 0 Å². The molecule has 1 N–H and O–H groups in total. The molecule has 1 aliphatic rings. The molecule has 0 bridgehead atoms. The molecule has 1 saturated carbocycles. The predicted octanol–water partition coefficient (Wildman–Crippen LogP) is 2.60. The van der Waals surface area contributed by atoms with Crippen LogP contribution in [0.5, 0.6) is 0 Å². The highest BCUT2D eigenvalue weighted by Gasteiger charge is 2.24. The van der Waals surface area contributed by atoms with Gasteiger partial charge >= 0.3 is 0 Å². The van der Waals surface area contributed by atoms with E-state index in [1.165, 1.54) is 18.4 Å². The van der Waals surface area contributed by atoms with Crippen molar-refractivity contribution in [3.05, 3.63) is 23.4 Å². The van der Waals surface area contributed by atoms with Crippen LogP contribution in [0, 0.1) is 18.3 Å². The molecular formula is C17H25N3. The molecule has 1 heterocycles. The minimum atomic E-state index is 0.650. The van der Waals surface area contributed by atoms with E-state index < -0.39 is 0 Å². The molecule has 0 amide bonds. The Morgan fingerprint density at radius 3 is 2.80 bits per heavy atom. The Bertz CT molecular complexity index is 472. The van der Waals surface area contributed by atoms with Crippen molar-refractivity contribution < 1.29 is 0 Å². The van der Waals surface area contributed by atoms with Gasteiger partial charge in [0.2, 0.25) is 0 Å². The van der Waals surface area contributed by atoms with E-state index in [4.69, 9.17) is 11.4 Å². The van der Waals surface area contributed by atoms with Crippen LogP contribution in [0.3, 0.4) is 0 Å². The lowest BCUT2D eigenvalue weighted by atomic mass is 10.2. The van der Waals surface area contributed by atoms with Gasteiger partial charge in [0.25, 0.3) is 0 Å². The molecule has 0 radical (unpaired) electrons. The maximum atomic E-state index is 5.52. The molecule has 0 aromatic carbocycles. The average Bonchev–Trinajstić information content (AvgIpc) is 3.28. The summed E-state index contributed by atoms with van der Waals surface area (Å²) in [6, 6.07) is 4.37. The molecule has 108 valence electrons. The molecule has 2 rings (SSSR count). The second-order valence-corrected chi connectivity index (χ2v) is 5.49. The minimum absolute atomic E-state index is 0.650. The third kappa shape index (κ3) is 4.25. The number of anilines is 1. The van der Waals surface area contributed by atoms with E-state index in [2.05, 4.69) is 42.1 Å². The number of nitrogens with zero attached hydrogens (tertiary/aromatic N) is 2. The number of aromatic nitrogens is 1. The first-order chi connectivity index (χ1) is 9.76. The van der Waals surface area contributed by atoms with Gasteiger partial charge in [0.05, 0.1) is 6.54 Å². The molecule has 3 nitrogen and oxygen atoms in total. The second-order valence-electron chi connectivity index (χ2n) is 5.49. The van der Waals surface area contributed by atoms with Gasteiger partial charge in [-0.1, -0.05) is 19.8 Å². The average molecular weight is 271 g/mol. The number of hydrogen-bond acceptors (Lipinski definition) is 3. The van der Waals surface area contributed by atoms with Gasteiger partial charge in [0.1, 0.15) is 5.82 Å². The van der Waals surface area contributed by atoms with Gasteiger partial charge in [-0.25, -0.2) is 4.98 Å². The maximum absolute atomic E-state index is 5.52. The topological polar surface area (TPSA) is 28.2 Å². The SMILES string of the molecule is C#CCN(CC1CC1)c1cc(CNCC)cc(CC)n1. The van der Waals surface area contributed by atoms with E-state index in [1.807, 2.05) is 0 Å². The Labute approximate surface area is 122 Å². The number of terminal acetylenes is 1. The monoisotopic (exact) mass is 271 g/mol. The zero-order valence-corrected chi connectivity index (χ0v) is 12.7. The van der Waals surface area contributed by atoms with Crippen LogP contribution >= 0.6 is 0 Å². The predicted molar refractivity (Wildman–Crippen MR) is 84.8 cm³/mol. The smallest absolute Gasteiger partial charge is 0.129 e. The quantitative estimate of drug-likeness (QED) is 0.737. The van der Waals surface area contributed by atoms with E-state index in [0.717, 1.165) is 43.5 Å². The van der Waals surface area contributed by atoms with Crippen molar-refractivity contribution in [2.45, 2.75) is 39.7 Å². The van der Waals surface area contributed by atoms with Crippen molar-refractivity contribution in [1.82, 2.24) is 10.3 Å². The number of rotatable bonds is 8. The Morgan fingerprint density at radius 2 is 2.20 bits per heavy atom. The molecule has 1 aliphatic carbocycles. The molecule has 0 aliphatic heterocycles. The van der Waals surface area contributed by atoms with Gasteiger partial charge in [-0.15, -0.1) is 6.42 Å². The van der Waals surface area contributed by atoms with E-state index >= 15 is 0 Å². The highest BCUT2D eigenvalue weighted by atomic mass is 15.2. The Morgan fingerprint density at radius 1 is 1.40 bits per heavy atom. The normalized spacial score (nSPS) is 14.1. The first-order valence-corrected chi connectivity index (χ1v) is 7.65. The van der Waals surface area contributed by atoms with Crippen molar-refractivity contribution in [3.8, 4) is 12.3 Å². The number of pyridine rings is 1. The molecule has 1 aromatic rings. The molecule has 1 aromatic heterocycles. The fourth-order valence-electron chi connectivity index (χ4n) is 2.31. The summed E-state index contributed by atoms with van der Waals surface area (Å²) in [7, 11) is 0. The van der Waals surface area contributed by atoms with Crippen molar-refractivity contribution in [1.29, 1.82) is 0 Å². The van der Waals surface area contributed by atoms with Crippen LogP contribution in [0.25, 0.3) is 0 Å². The van der Waals surface area contributed by atoms with Crippen molar-refractivity contribution in [2.24, 2.45) is 5.92 Å². The van der Waals surface area contributed by atoms with Crippen LogP contribution in [-0.4, -0.2) is 24.6 Å². The lowest BCUT2D eigenvalue weighted by Crippen LogP contribution is -2.27.